The third kappa shape index (κ3) is 5.19. The Hall–Kier alpha value is -3.62. The number of furan rings is 1. The van der Waals surface area contributed by atoms with E-state index in [2.05, 4.69) is 10.1 Å². The van der Waals surface area contributed by atoms with Crippen molar-refractivity contribution in [3.63, 3.8) is 0 Å². The number of carbonyl (C=O) groups excluding carboxylic acids is 2. The molecule has 28 heavy (non-hydrogen) atoms. The molecule has 0 unspecified atom stereocenters. The van der Waals surface area contributed by atoms with E-state index in [1.165, 1.54) is 11.2 Å². The van der Waals surface area contributed by atoms with E-state index in [0.29, 0.717) is 35.3 Å². The molecule has 0 saturated carbocycles. The van der Waals surface area contributed by atoms with Crippen LogP contribution in [-0.4, -0.2) is 40.6 Å². The number of benzene rings is 1. The molecule has 3 aromatic rings. The average Bonchev–Trinajstić information content (AvgIpc) is 3.36. The average molecular weight is 385 g/mol. The number of esters is 1. The summed E-state index contributed by atoms with van der Waals surface area (Å²) in [6.07, 6.45) is 1.53. The maximum atomic E-state index is 12.1. The van der Waals surface area contributed by atoms with Gasteiger partial charge in [0.1, 0.15) is 11.5 Å². The molecule has 0 radical (unpaired) electrons. The second-order valence-corrected chi connectivity index (χ2v) is 5.95. The first-order valence-corrected chi connectivity index (χ1v) is 8.47. The summed E-state index contributed by atoms with van der Waals surface area (Å²) < 4.78 is 20.6. The monoisotopic (exact) mass is 385 g/mol. The van der Waals surface area contributed by atoms with E-state index in [-0.39, 0.29) is 19.1 Å². The van der Waals surface area contributed by atoms with E-state index in [1.807, 2.05) is 0 Å². The van der Waals surface area contributed by atoms with Gasteiger partial charge in [0.25, 0.3) is 5.91 Å². The van der Waals surface area contributed by atoms with E-state index in [4.69, 9.17) is 18.4 Å². The Morgan fingerprint density at radius 2 is 1.96 bits per heavy atom. The molecule has 0 N–H and O–H groups in total. The van der Waals surface area contributed by atoms with Crippen LogP contribution >= 0.6 is 0 Å². The van der Waals surface area contributed by atoms with E-state index < -0.39 is 5.97 Å². The quantitative estimate of drug-likeness (QED) is 0.544. The van der Waals surface area contributed by atoms with Crippen LogP contribution in [0, 0.1) is 6.92 Å². The van der Waals surface area contributed by atoms with Gasteiger partial charge in [0.2, 0.25) is 11.7 Å². The van der Waals surface area contributed by atoms with Gasteiger partial charge in [0, 0.05) is 14.0 Å². The third-order valence-electron chi connectivity index (χ3n) is 3.75. The molecule has 9 nitrogen and oxygen atoms in total. The van der Waals surface area contributed by atoms with Crippen molar-refractivity contribution in [3.05, 3.63) is 65.7 Å². The van der Waals surface area contributed by atoms with Crippen LogP contribution < -0.4 is 4.74 Å². The molecule has 1 amide bonds. The van der Waals surface area contributed by atoms with Gasteiger partial charge in [-0.1, -0.05) is 5.16 Å². The summed E-state index contributed by atoms with van der Waals surface area (Å²) >= 11 is 0. The Balaban J connectivity index is 1.45. The minimum absolute atomic E-state index is 0.150. The third-order valence-corrected chi connectivity index (χ3v) is 3.75. The van der Waals surface area contributed by atoms with Gasteiger partial charge < -0.3 is 23.3 Å². The van der Waals surface area contributed by atoms with Crippen LogP contribution in [0.1, 0.15) is 27.8 Å². The first-order valence-electron chi connectivity index (χ1n) is 8.47. The van der Waals surface area contributed by atoms with Gasteiger partial charge in [-0.15, -0.1) is 0 Å². The molecule has 9 heteroatoms. The Morgan fingerprint density at radius 1 is 1.18 bits per heavy atom. The number of aryl methyl sites for hydroxylation is 1. The SMILES string of the molecule is Cc1nc(COc2ccc(C(=O)OCC(=O)N(C)Cc3ccco3)cc2)no1. The fourth-order valence-electron chi connectivity index (χ4n) is 2.28. The predicted molar refractivity (Wildman–Crippen MR) is 95.3 cm³/mol. The minimum Gasteiger partial charge on any atom is -0.485 e. The van der Waals surface area contributed by atoms with Gasteiger partial charge in [0.15, 0.2) is 13.2 Å². The van der Waals surface area contributed by atoms with Crippen molar-refractivity contribution in [3.8, 4) is 5.75 Å². The second kappa shape index (κ2) is 8.85. The Bertz CT molecular complexity index is 918. The highest BCUT2D eigenvalue weighted by atomic mass is 16.5. The van der Waals surface area contributed by atoms with Crippen molar-refractivity contribution in [1.29, 1.82) is 0 Å². The van der Waals surface area contributed by atoms with Crippen molar-refractivity contribution >= 4 is 11.9 Å². The molecule has 0 aliphatic carbocycles. The molecule has 0 aliphatic rings. The van der Waals surface area contributed by atoms with Crippen LogP contribution in [0.25, 0.3) is 0 Å². The normalized spacial score (nSPS) is 10.5. The fourth-order valence-corrected chi connectivity index (χ4v) is 2.28. The number of aromatic nitrogens is 2. The lowest BCUT2D eigenvalue weighted by Crippen LogP contribution is -2.30. The van der Waals surface area contributed by atoms with E-state index in [0.717, 1.165) is 0 Å². The summed E-state index contributed by atoms with van der Waals surface area (Å²) in [6.45, 7) is 1.79. The molecule has 146 valence electrons. The molecule has 0 spiro atoms. The fraction of sp³-hybridized carbons (Fsp3) is 0.263. The molecule has 3 rings (SSSR count). The summed E-state index contributed by atoms with van der Waals surface area (Å²) in [6, 6.07) is 9.85. The summed E-state index contributed by atoms with van der Waals surface area (Å²) in [5, 5.41) is 3.73. The Kier molecular flexibility index (Phi) is 6.05. The highest BCUT2D eigenvalue weighted by molar-refractivity contribution is 5.91. The zero-order valence-corrected chi connectivity index (χ0v) is 15.5. The lowest BCUT2D eigenvalue weighted by atomic mass is 10.2. The molecular formula is C19H19N3O6. The van der Waals surface area contributed by atoms with Crippen molar-refractivity contribution in [2.45, 2.75) is 20.1 Å². The number of rotatable bonds is 8. The summed E-state index contributed by atoms with van der Waals surface area (Å²) in [5.74, 6) is 1.14. The van der Waals surface area contributed by atoms with Gasteiger partial charge in [-0.25, -0.2) is 4.79 Å². The van der Waals surface area contributed by atoms with E-state index in [1.54, 1.807) is 50.4 Å². The Labute approximate surface area is 160 Å². The standard InChI is InChI=1S/C19H19N3O6/c1-13-20-17(21-28-13)11-26-15-7-5-14(6-8-15)19(24)27-12-18(23)22(2)10-16-4-3-9-25-16/h3-9H,10-12H2,1-2H3. The topological polar surface area (TPSA) is 108 Å². The highest BCUT2D eigenvalue weighted by Crippen LogP contribution is 2.14. The second-order valence-electron chi connectivity index (χ2n) is 5.95. The van der Waals surface area contributed by atoms with Crippen LogP contribution in [-0.2, 0) is 22.7 Å². The number of hydrogen-bond donors (Lipinski definition) is 0. The van der Waals surface area contributed by atoms with E-state index in [9.17, 15) is 9.59 Å². The van der Waals surface area contributed by atoms with Crippen LogP contribution in [0.3, 0.4) is 0 Å². The first kappa shape index (κ1) is 19.2. The molecular weight excluding hydrogens is 366 g/mol. The Morgan fingerprint density at radius 3 is 2.61 bits per heavy atom. The maximum absolute atomic E-state index is 12.1. The number of amides is 1. The van der Waals surface area contributed by atoms with E-state index >= 15 is 0 Å². The minimum atomic E-state index is -0.597. The summed E-state index contributed by atoms with van der Waals surface area (Å²) in [5.41, 5.74) is 0.309. The molecule has 0 fully saturated rings. The molecule has 0 bridgehead atoms. The van der Waals surface area contributed by atoms with Crippen LogP contribution in [0.15, 0.2) is 51.6 Å². The smallest absolute Gasteiger partial charge is 0.338 e. The number of likely N-dealkylation sites (N-methyl/N-ethyl adjacent to an activating group) is 1. The molecule has 0 saturated heterocycles. The summed E-state index contributed by atoms with van der Waals surface area (Å²) in [7, 11) is 1.61. The lowest BCUT2D eigenvalue weighted by Gasteiger charge is -2.15. The van der Waals surface area contributed by atoms with Gasteiger partial charge in [0.05, 0.1) is 18.4 Å². The van der Waals surface area contributed by atoms with Crippen molar-refractivity contribution in [1.82, 2.24) is 15.0 Å². The van der Waals surface area contributed by atoms with Crippen LogP contribution in [0.2, 0.25) is 0 Å². The number of carbonyl (C=O) groups is 2. The molecule has 2 heterocycles. The summed E-state index contributed by atoms with van der Waals surface area (Å²) in [4.78, 5) is 29.6. The van der Waals surface area contributed by atoms with Crippen molar-refractivity contribution in [2.75, 3.05) is 13.7 Å². The van der Waals surface area contributed by atoms with Crippen molar-refractivity contribution in [2.24, 2.45) is 0 Å². The maximum Gasteiger partial charge on any atom is 0.338 e. The zero-order chi connectivity index (χ0) is 19.9. The van der Waals surface area contributed by atoms with Crippen LogP contribution in [0.4, 0.5) is 0 Å². The number of hydrogen-bond acceptors (Lipinski definition) is 8. The molecule has 0 atom stereocenters. The van der Waals surface area contributed by atoms with Crippen LogP contribution in [0.5, 0.6) is 5.75 Å². The van der Waals surface area contributed by atoms with Crippen molar-refractivity contribution < 1.29 is 28.0 Å². The van der Waals surface area contributed by atoms with Gasteiger partial charge in [-0.05, 0) is 36.4 Å². The van der Waals surface area contributed by atoms with Gasteiger partial charge in [-0.2, -0.15) is 4.98 Å². The molecule has 0 aliphatic heterocycles. The van der Waals surface area contributed by atoms with Gasteiger partial charge in [-0.3, -0.25) is 4.79 Å². The first-order chi connectivity index (χ1) is 13.5. The highest BCUT2D eigenvalue weighted by Gasteiger charge is 2.15. The van der Waals surface area contributed by atoms with Gasteiger partial charge >= 0.3 is 5.97 Å². The predicted octanol–water partition coefficient (Wildman–Crippen LogP) is 2.37. The number of ether oxygens (including phenoxy) is 2. The molecule has 1 aromatic carbocycles. The molecule has 2 aromatic heterocycles. The number of nitrogens with zero attached hydrogens (tertiary/aromatic N) is 3. The zero-order valence-electron chi connectivity index (χ0n) is 15.5. The largest absolute Gasteiger partial charge is 0.485 e. The lowest BCUT2D eigenvalue weighted by molar-refractivity contribution is -0.133.